The molecule has 0 aliphatic heterocycles. The Morgan fingerprint density at radius 3 is 2.03 bits per heavy atom. The van der Waals surface area contributed by atoms with Gasteiger partial charge in [-0.1, -0.05) is 75.6 Å². The molecule has 0 saturated heterocycles. The second kappa shape index (κ2) is 10.3. The number of hydrogen-bond donors (Lipinski definition) is 0. The van der Waals surface area contributed by atoms with Crippen molar-refractivity contribution in [1.29, 1.82) is 0 Å². The van der Waals surface area contributed by atoms with Crippen LogP contribution in [-0.4, -0.2) is 0 Å². The summed E-state index contributed by atoms with van der Waals surface area (Å²) in [7, 11) is 0. The summed E-state index contributed by atoms with van der Waals surface area (Å²) >= 11 is 0. The zero-order chi connectivity index (χ0) is 20.8. The Morgan fingerprint density at radius 2 is 1.37 bits per heavy atom. The van der Waals surface area contributed by atoms with Crippen LogP contribution < -0.4 is 0 Å². The lowest BCUT2D eigenvalue weighted by atomic mass is 9.63. The van der Waals surface area contributed by atoms with Crippen LogP contribution in [-0.2, 0) is 6.42 Å². The standard InChI is InChI=1S/C30H38/c1-3-5-6-26-15-18-30-22-29(20-19-28(30)21-26)27-16-13-25(14-17-27)12-11-24-9-7-23(4-2)8-10-24/h7-10,13-14,16-17,26,28-30H,3-6,15,18-22H2,1-2H3. The van der Waals surface area contributed by atoms with Gasteiger partial charge in [0.1, 0.15) is 0 Å². The number of benzene rings is 2. The van der Waals surface area contributed by atoms with E-state index in [0.717, 1.165) is 41.2 Å². The first-order chi connectivity index (χ1) is 14.7. The van der Waals surface area contributed by atoms with Gasteiger partial charge >= 0.3 is 0 Å². The highest BCUT2D eigenvalue weighted by atomic mass is 14.4. The van der Waals surface area contributed by atoms with Gasteiger partial charge in [0.05, 0.1) is 0 Å². The second-order valence-electron chi connectivity index (χ2n) is 9.77. The molecule has 0 N–H and O–H groups in total. The van der Waals surface area contributed by atoms with E-state index in [-0.39, 0.29) is 0 Å². The quantitative estimate of drug-likeness (QED) is 0.446. The number of unbranched alkanes of at least 4 members (excludes halogenated alkanes) is 1. The van der Waals surface area contributed by atoms with Crippen molar-refractivity contribution in [3.63, 3.8) is 0 Å². The SMILES string of the molecule is CCCCC1CCC2CC(c3ccc(C#Cc4ccc(CC)cc4)cc3)CCC2C1. The van der Waals surface area contributed by atoms with E-state index in [1.54, 1.807) is 5.56 Å². The molecule has 4 unspecified atom stereocenters. The first kappa shape index (κ1) is 21.2. The van der Waals surface area contributed by atoms with Crippen LogP contribution in [0.4, 0.5) is 0 Å². The molecule has 0 heterocycles. The van der Waals surface area contributed by atoms with Crippen molar-refractivity contribution in [2.24, 2.45) is 17.8 Å². The van der Waals surface area contributed by atoms with Crippen molar-refractivity contribution in [3.8, 4) is 11.8 Å². The van der Waals surface area contributed by atoms with Crippen molar-refractivity contribution in [1.82, 2.24) is 0 Å². The van der Waals surface area contributed by atoms with Crippen molar-refractivity contribution >= 4 is 0 Å². The number of rotatable bonds is 5. The van der Waals surface area contributed by atoms with E-state index in [9.17, 15) is 0 Å². The van der Waals surface area contributed by atoms with E-state index in [2.05, 4.69) is 74.2 Å². The minimum absolute atomic E-state index is 0.766. The monoisotopic (exact) mass is 398 g/mol. The first-order valence-corrected chi connectivity index (χ1v) is 12.5. The van der Waals surface area contributed by atoms with Crippen molar-refractivity contribution in [3.05, 3.63) is 70.8 Å². The summed E-state index contributed by atoms with van der Waals surface area (Å²) in [6.07, 6.45) is 14.1. The fourth-order valence-corrected chi connectivity index (χ4v) is 5.85. The van der Waals surface area contributed by atoms with Crippen LogP contribution in [0.1, 0.15) is 99.8 Å². The third-order valence-corrected chi connectivity index (χ3v) is 7.78. The van der Waals surface area contributed by atoms with Gasteiger partial charge < -0.3 is 0 Å². The molecule has 0 radical (unpaired) electrons. The van der Waals surface area contributed by atoms with Gasteiger partial charge in [-0.25, -0.2) is 0 Å². The van der Waals surface area contributed by atoms with Gasteiger partial charge in [0.25, 0.3) is 0 Å². The smallest absolute Gasteiger partial charge is 0.0249 e. The van der Waals surface area contributed by atoms with Crippen LogP contribution in [0.25, 0.3) is 0 Å². The van der Waals surface area contributed by atoms with E-state index in [1.165, 1.54) is 63.4 Å². The fraction of sp³-hybridized carbons (Fsp3) is 0.533. The van der Waals surface area contributed by atoms with Crippen LogP contribution in [0.15, 0.2) is 48.5 Å². The second-order valence-corrected chi connectivity index (χ2v) is 9.77. The van der Waals surface area contributed by atoms with E-state index >= 15 is 0 Å². The summed E-state index contributed by atoms with van der Waals surface area (Å²) in [5.74, 6) is 10.4. The molecular weight excluding hydrogens is 360 g/mol. The lowest BCUT2D eigenvalue weighted by Crippen LogP contribution is -2.30. The van der Waals surface area contributed by atoms with Crippen molar-refractivity contribution in [2.75, 3.05) is 0 Å². The lowest BCUT2D eigenvalue weighted by Gasteiger charge is -2.42. The van der Waals surface area contributed by atoms with E-state index in [0.29, 0.717) is 0 Å². The third kappa shape index (κ3) is 5.37. The van der Waals surface area contributed by atoms with Gasteiger partial charge in [-0.05, 0) is 97.6 Å². The Bertz CT molecular complexity index is 846. The molecule has 2 aromatic carbocycles. The molecule has 158 valence electrons. The van der Waals surface area contributed by atoms with Gasteiger partial charge in [-0.15, -0.1) is 0 Å². The Kier molecular flexibility index (Phi) is 7.33. The molecule has 2 aliphatic rings. The van der Waals surface area contributed by atoms with Crippen LogP contribution >= 0.6 is 0 Å². The first-order valence-electron chi connectivity index (χ1n) is 12.5. The van der Waals surface area contributed by atoms with E-state index < -0.39 is 0 Å². The van der Waals surface area contributed by atoms with Gasteiger partial charge in [0, 0.05) is 11.1 Å². The molecule has 0 bridgehead atoms. The molecule has 2 saturated carbocycles. The van der Waals surface area contributed by atoms with Crippen LogP contribution in [0, 0.1) is 29.6 Å². The molecule has 0 amide bonds. The van der Waals surface area contributed by atoms with E-state index in [4.69, 9.17) is 0 Å². The summed E-state index contributed by atoms with van der Waals surface area (Å²) in [5, 5.41) is 0. The highest BCUT2D eigenvalue weighted by molar-refractivity contribution is 5.44. The molecule has 0 nitrogen and oxygen atoms in total. The molecular formula is C30H38. The summed E-state index contributed by atoms with van der Waals surface area (Å²) in [5.41, 5.74) is 5.14. The largest absolute Gasteiger partial charge is 0.0654 e. The van der Waals surface area contributed by atoms with Gasteiger partial charge in [-0.2, -0.15) is 0 Å². The molecule has 30 heavy (non-hydrogen) atoms. The average Bonchev–Trinajstić information content (AvgIpc) is 2.81. The molecule has 0 aromatic heterocycles. The van der Waals surface area contributed by atoms with Crippen LogP contribution in [0.3, 0.4) is 0 Å². The zero-order valence-electron chi connectivity index (χ0n) is 19.0. The number of fused-ring (bicyclic) bond motifs is 1. The lowest BCUT2D eigenvalue weighted by molar-refractivity contribution is 0.113. The Morgan fingerprint density at radius 1 is 0.733 bits per heavy atom. The van der Waals surface area contributed by atoms with Crippen molar-refractivity contribution in [2.45, 2.75) is 84.0 Å². The normalized spacial score (nSPS) is 25.8. The molecule has 0 spiro atoms. The number of hydrogen-bond acceptors (Lipinski definition) is 0. The maximum atomic E-state index is 3.35. The molecule has 2 fully saturated rings. The Balaban J connectivity index is 1.33. The summed E-state index contributed by atoms with van der Waals surface area (Å²) in [6, 6.07) is 17.8. The maximum absolute atomic E-state index is 3.35. The van der Waals surface area contributed by atoms with Crippen LogP contribution in [0.5, 0.6) is 0 Å². The predicted octanol–water partition coefficient (Wildman–Crippen LogP) is 8.14. The molecule has 0 heteroatoms. The number of aryl methyl sites for hydroxylation is 1. The van der Waals surface area contributed by atoms with Gasteiger partial charge in [0.15, 0.2) is 0 Å². The summed E-state index contributed by atoms with van der Waals surface area (Å²) in [4.78, 5) is 0. The Labute approximate surface area is 184 Å². The third-order valence-electron chi connectivity index (χ3n) is 7.78. The Hall–Kier alpha value is -2.00. The molecule has 4 atom stereocenters. The van der Waals surface area contributed by atoms with Crippen LogP contribution in [0.2, 0.25) is 0 Å². The van der Waals surface area contributed by atoms with E-state index in [1.807, 2.05) is 0 Å². The van der Waals surface area contributed by atoms with Gasteiger partial charge in [-0.3, -0.25) is 0 Å². The maximum Gasteiger partial charge on any atom is 0.0249 e. The highest BCUT2D eigenvalue weighted by Gasteiger charge is 2.35. The predicted molar refractivity (Wildman–Crippen MR) is 129 cm³/mol. The minimum atomic E-state index is 0.766. The molecule has 4 rings (SSSR count). The molecule has 2 aliphatic carbocycles. The van der Waals surface area contributed by atoms with Crippen molar-refractivity contribution < 1.29 is 0 Å². The topological polar surface area (TPSA) is 0 Å². The fourth-order valence-electron chi connectivity index (χ4n) is 5.85. The summed E-state index contributed by atoms with van der Waals surface area (Å²) in [6.45, 7) is 4.52. The highest BCUT2D eigenvalue weighted by Crippen LogP contribution is 2.48. The average molecular weight is 399 g/mol. The molecule has 2 aromatic rings. The van der Waals surface area contributed by atoms with Gasteiger partial charge in [0.2, 0.25) is 0 Å². The summed E-state index contributed by atoms with van der Waals surface area (Å²) < 4.78 is 0. The zero-order valence-corrected chi connectivity index (χ0v) is 19.0. The minimum Gasteiger partial charge on any atom is -0.0654 e.